The summed E-state index contributed by atoms with van der Waals surface area (Å²) in [4.78, 5) is 31.4. The number of rotatable bonds is 5. The first-order chi connectivity index (χ1) is 13.0. The highest BCUT2D eigenvalue weighted by Gasteiger charge is 2.17. The number of nitrogens with one attached hydrogen (secondary N) is 2. The van der Waals surface area contributed by atoms with Crippen molar-refractivity contribution in [1.82, 2.24) is 10.3 Å². The maximum atomic E-state index is 12.4. The molecule has 3 rings (SSSR count). The predicted molar refractivity (Wildman–Crippen MR) is 107 cm³/mol. The van der Waals surface area contributed by atoms with Crippen LogP contribution in [0.15, 0.2) is 42.6 Å². The molecule has 1 aliphatic heterocycles. The molecule has 1 aliphatic rings. The van der Waals surface area contributed by atoms with E-state index in [0.29, 0.717) is 11.3 Å². The van der Waals surface area contributed by atoms with Crippen molar-refractivity contribution in [2.24, 2.45) is 0 Å². The highest BCUT2D eigenvalue weighted by atomic mass is 16.2. The van der Waals surface area contributed by atoms with Gasteiger partial charge in [-0.25, -0.2) is 4.98 Å². The molecule has 1 fully saturated rings. The van der Waals surface area contributed by atoms with Crippen LogP contribution < -0.4 is 15.5 Å². The minimum Gasteiger partial charge on any atom is -0.357 e. The third-order valence-corrected chi connectivity index (χ3v) is 4.72. The van der Waals surface area contributed by atoms with Crippen molar-refractivity contribution >= 4 is 23.3 Å². The van der Waals surface area contributed by atoms with E-state index in [2.05, 4.69) is 20.5 Å². The number of carbonyl (C=O) groups excluding carboxylic acids is 2. The molecule has 1 aromatic carbocycles. The lowest BCUT2D eigenvalue weighted by atomic mass is 10.1. The standard InChI is InChI=1S/C21H26N4O2/c1-15-7-6-8-17(13-15)21(27)23-16(2)20(26)24-18-9-10-19(22-14-18)25-11-4-3-5-12-25/h6-10,13-14,16H,3-5,11-12H2,1-2H3,(H,23,27)(H,24,26)/t16-/m0/s1. The Morgan fingerprint density at radius 2 is 1.89 bits per heavy atom. The Labute approximate surface area is 160 Å². The van der Waals surface area contributed by atoms with Gasteiger partial charge in [0.2, 0.25) is 5.91 Å². The summed E-state index contributed by atoms with van der Waals surface area (Å²) in [5, 5.41) is 5.53. The first-order valence-corrected chi connectivity index (χ1v) is 9.42. The van der Waals surface area contributed by atoms with Crippen LogP contribution in [0, 0.1) is 6.92 Å². The van der Waals surface area contributed by atoms with Crippen LogP contribution in [0.2, 0.25) is 0 Å². The molecule has 27 heavy (non-hydrogen) atoms. The van der Waals surface area contributed by atoms with Crippen LogP contribution in [0.1, 0.15) is 42.1 Å². The van der Waals surface area contributed by atoms with Crippen LogP contribution >= 0.6 is 0 Å². The Balaban J connectivity index is 1.55. The summed E-state index contributed by atoms with van der Waals surface area (Å²) in [7, 11) is 0. The molecule has 2 heterocycles. The number of carbonyl (C=O) groups is 2. The smallest absolute Gasteiger partial charge is 0.251 e. The van der Waals surface area contributed by atoms with Gasteiger partial charge in [0.05, 0.1) is 11.9 Å². The lowest BCUT2D eigenvalue weighted by Crippen LogP contribution is -2.41. The number of pyridine rings is 1. The summed E-state index contributed by atoms with van der Waals surface area (Å²) in [6.45, 7) is 5.65. The number of piperidine rings is 1. The van der Waals surface area contributed by atoms with Crippen molar-refractivity contribution in [3.05, 3.63) is 53.7 Å². The maximum Gasteiger partial charge on any atom is 0.251 e. The van der Waals surface area contributed by atoms with Crippen LogP contribution in [0.5, 0.6) is 0 Å². The Morgan fingerprint density at radius 3 is 2.56 bits per heavy atom. The van der Waals surface area contributed by atoms with Gasteiger partial charge in [0.25, 0.3) is 5.91 Å². The van der Waals surface area contributed by atoms with Crippen molar-refractivity contribution in [3.63, 3.8) is 0 Å². The third kappa shape index (κ3) is 5.06. The van der Waals surface area contributed by atoms with Gasteiger partial charge in [0.1, 0.15) is 11.9 Å². The minimum atomic E-state index is -0.653. The summed E-state index contributed by atoms with van der Waals surface area (Å²) >= 11 is 0. The summed E-state index contributed by atoms with van der Waals surface area (Å²) in [5.41, 5.74) is 2.17. The van der Waals surface area contributed by atoms with E-state index in [0.717, 1.165) is 24.5 Å². The summed E-state index contributed by atoms with van der Waals surface area (Å²) in [5.74, 6) is 0.400. The molecule has 6 nitrogen and oxygen atoms in total. The number of hydrogen-bond acceptors (Lipinski definition) is 4. The lowest BCUT2D eigenvalue weighted by Gasteiger charge is -2.27. The quantitative estimate of drug-likeness (QED) is 0.853. The zero-order chi connectivity index (χ0) is 19.2. The van der Waals surface area contributed by atoms with Gasteiger partial charge in [-0.3, -0.25) is 9.59 Å². The van der Waals surface area contributed by atoms with E-state index < -0.39 is 6.04 Å². The molecular weight excluding hydrogens is 340 g/mol. The molecule has 2 aromatic rings. The SMILES string of the molecule is Cc1cccc(C(=O)N[C@@H](C)C(=O)Nc2ccc(N3CCCCC3)nc2)c1. The second-order valence-corrected chi connectivity index (χ2v) is 7.01. The second-order valence-electron chi connectivity index (χ2n) is 7.01. The highest BCUT2D eigenvalue weighted by molar-refractivity contribution is 6.01. The van der Waals surface area contributed by atoms with Gasteiger partial charge in [-0.1, -0.05) is 17.7 Å². The van der Waals surface area contributed by atoms with Crippen LogP contribution in [0.3, 0.4) is 0 Å². The van der Waals surface area contributed by atoms with Gasteiger partial charge in [-0.15, -0.1) is 0 Å². The van der Waals surface area contributed by atoms with Gasteiger partial charge in [0.15, 0.2) is 0 Å². The molecule has 0 bridgehead atoms. The van der Waals surface area contributed by atoms with Crippen LogP contribution in [-0.4, -0.2) is 35.9 Å². The van der Waals surface area contributed by atoms with Crippen LogP contribution in [0.25, 0.3) is 0 Å². The van der Waals surface area contributed by atoms with Crippen molar-refractivity contribution in [2.45, 2.75) is 39.2 Å². The third-order valence-electron chi connectivity index (χ3n) is 4.72. The minimum absolute atomic E-state index is 0.264. The van der Waals surface area contributed by atoms with Crippen LogP contribution in [-0.2, 0) is 4.79 Å². The molecule has 0 unspecified atom stereocenters. The van der Waals surface area contributed by atoms with E-state index in [9.17, 15) is 9.59 Å². The molecule has 6 heteroatoms. The Hall–Kier alpha value is -2.89. The van der Waals surface area contributed by atoms with Gasteiger partial charge < -0.3 is 15.5 Å². The van der Waals surface area contributed by atoms with Gasteiger partial charge in [-0.05, 0) is 57.4 Å². The monoisotopic (exact) mass is 366 g/mol. The van der Waals surface area contributed by atoms with E-state index >= 15 is 0 Å². The first kappa shape index (κ1) is 18.9. The van der Waals surface area contributed by atoms with E-state index in [4.69, 9.17) is 0 Å². The molecule has 0 aliphatic carbocycles. The average molecular weight is 366 g/mol. The highest BCUT2D eigenvalue weighted by Crippen LogP contribution is 2.19. The molecule has 2 amide bonds. The normalized spacial score (nSPS) is 15.1. The maximum absolute atomic E-state index is 12.4. The number of hydrogen-bond donors (Lipinski definition) is 2. The molecular formula is C21H26N4O2. The fourth-order valence-electron chi connectivity index (χ4n) is 3.15. The van der Waals surface area contributed by atoms with Gasteiger partial charge in [0, 0.05) is 18.7 Å². The van der Waals surface area contributed by atoms with E-state index in [-0.39, 0.29) is 11.8 Å². The van der Waals surface area contributed by atoms with Crippen molar-refractivity contribution in [2.75, 3.05) is 23.3 Å². The Bertz CT molecular complexity index is 798. The summed E-state index contributed by atoms with van der Waals surface area (Å²) in [6.07, 6.45) is 5.32. The lowest BCUT2D eigenvalue weighted by molar-refractivity contribution is -0.117. The van der Waals surface area contributed by atoms with Crippen molar-refractivity contribution < 1.29 is 9.59 Å². The van der Waals surface area contributed by atoms with Crippen molar-refractivity contribution in [1.29, 1.82) is 0 Å². The van der Waals surface area contributed by atoms with E-state index in [1.165, 1.54) is 19.3 Å². The zero-order valence-electron chi connectivity index (χ0n) is 15.9. The van der Waals surface area contributed by atoms with E-state index in [1.807, 2.05) is 31.2 Å². The molecule has 0 saturated carbocycles. The largest absolute Gasteiger partial charge is 0.357 e. The number of benzene rings is 1. The summed E-state index contributed by atoms with van der Waals surface area (Å²) < 4.78 is 0. The molecule has 1 atom stereocenters. The first-order valence-electron chi connectivity index (χ1n) is 9.42. The van der Waals surface area contributed by atoms with Gasteiger partial charge in [-0.2, -0.15) is 0 Å². The number of amides is 2. The number of aryl methyl sites for hydroxylation is 1. The summed E-state index contributed by atoms with van der Waals surface area (Å²) in [6, 6.07) is 10.4. The molecule has 1 saturated heterocycles. The molecule has 0 radical (unpaired) electrons. The van der Waals surface area contributed by atoms with Crippen molar-refractivity contribution in [3.8, 4) is 0 Å². The molecule has 0 spiro atoms. The predicted octanol–water partition coefficient (Wildman–Crippen LogP) is 3.14. The topological polar surface area (TPSA) is 74.3 Å². The number of anilines is 2. The molecule has 142 valence electrons. The number of aromatic nitrogens is 1. The fraction of sp³-hybridized carbons (Fsp3) is 0.381. The molecule has 1 aromatic heterocycles. The van der Waals surface area contributed by atoms with E-state index in [1.54, 1.807) is 25.3 Å². The van der Waals surface area contributed by atoms with Gasteiger partial charge >= 0.3 is 0 Å². The fourth-order valence-corrected chi connectivity index (χ4v) is 3.15. The average Bonchev–Trinajstić information content (AvgIpc) is 2.69. The van der Waals surface area contributed by atoms with Crippen LogP contribution in [0.4, 0.5) is 11.5 Å². The Morgan fingerprint density at radius 1 is 1.11 bits per heavy atom. The number of nitrogens with zero attached hydrogens (tertiary/aromatic N) is 2. The Kier molecular flexibility index (Phi) is 6.06. The molecule has 2 N–H and O–H groups in total. The zero-order valence-corrected chi connectivity index (χ0v) is 15.9. The second kappa shape index (κ2) is 8.66.